The number of halogens is 2. The molecule has 3 heteroatoms. The molecule has 0 aromatic heterocycles. The topological polar surface area (TPSA) is 12.0 Å². The first-order chi connectivity index (χ1) is 3.81. The Bertz CT molecular complexity index is 80.5. The zero-order valence-corrected chi connectivity index (χ0v) is 6.26. The van der Waals surface area contributed by atoms with Crippen molar-refractivity contribution in [2.75, 3.05) is 13.1 Å². The van der Waals surface area contributed by atoms with Crippen molar-refractivity contribution in [2.24, 2.45) is 0 Å². The van der Waals surface area contributed by atoms with Gasteiger partial charge in [0.15, 0.2) is 0 Å². The fourth-order valence-electron chi connectivity index (χ4n) is 0.283. The number of rotatable bonds is 3. The summed E-state index contributed by atoms with van der Waals surface area (Å²) in [6.07, 6.45) is 0. The molecule has 8 heavy (non-hydrogen) atoms. The van der Waals surface area contributed by atoms with E-state index in [0.717, 1.165) is 6.54 Å². The molecule has 0 amide bonds. The first-order valence-electron chi connectivity index (χ1n) is 2.46. The summed E-state index contributed by atoms with van der Waals surface area (Å²) < 4.78 is 0. The highest BCUT2D eigenvalue weighted by Crippen LogP contribution is 1.99. The molecular weight excluding hydrogens is 145 g/mol. The standard InChI is InChI=1S/C5H9Cl2N/c1-2-8-4-5(7)3-6/h3,8H,2,4H2,1H3/b5-3-. The summed E-state index contributed by atoms with van der Waals surface area (Å²) in [6.45, 7) is 3.60. The lowest BCUT2D eigenvalue weighted by Gasteiger charge is -1.95. The molecule has 0 saturated heterocycles. The molecule has 0 bridgehead atoms. The maximum atomic E-state index is 5.51. The van der Waals surface area contributed by atoms with E-state index in [4.69, 9.17) is 23.2 Å². The highest BCUT2D eigenvalue weighted by Gasteiger charge is 1.85. The van der Waals surface area contributed by atoms with Gasteiger partial charge in [-0.15, -0.1) is 0 Å². The van der Waals surface area contributed by atoms with Gasteiger partial charge >= 0.3 is 0 Å². The van der Waals surface area contributed by atoms with Gasteiger partial charge in [-0.2, -0.15) is 0 Å². The van der Waals surface area contributed by atoms with Crippen LogP contribution in [0.2, 0.25) is 0 Å². The minimum Gasteiger partial charge on any atom is -0.312 e. The number of hydrogen-bond acceptors (Lipinski definition) is 1. The Morgan fingerprint density at radius 3 is 2.75 bits per heavy atom. The van der Waals surface area contributed by atoms with E-state index >= 15 is 0 Å². The summed E-state index contributed by atoms with van der Waals surface area (Å²) in [6, 6.07) is 0. The average Bonchev–Trinajstić information content (AvgIpc) is 1.83. The number of likely N-dealkylation sites (N-methyl/N-ethyl adjacent to an activating group) is 1. The highest BCUT2D eigenvalue weighted by atomic mass is 35.5. The van der Waals surface area contributed by atoms with Crippen LogP contribution in [0.15, 0.2) is 10.6 Å². The Kier molecular flexibility index (Phi) is 5.61. The molecule has 0 fully saturated rings. The zero-order chi connectivity index (χ0) is 6.41. The van der Waals surface area contributed by atoms with Crippen molar-refractivity contribution < 1.29 is 0 Å². The lowest BCUT2D eigenvalue weighted by Crippen LogP contribution is -2.13. The predicted molar refractivity (Wildman–Crippen MR) is 38.3 cm³/mol. The van der Waals surface area contributed by atoms with Crippen molar-refractivity contribution in [3.8, 4) is 0 Å². The van der Waals surface area contributed by atoms with Crippen LogP contribution in [-0.4, -0.2) is 13.1 Å². The first kappa shape index (κ1) is 8.28. The molecule has 0 aliphatic carbocycles. The van der Waals surface area contributed by atoms with Gasteiger partial charge in [-0.1, -0.05) is 30.1 Å². The van der Waals surface area contributed by atoms with Crippen LogP contribution in [0.3, 0.4) is 0 Å². The molecule has 0 aliphatic heterocycles. The quantitative estimate of drug-likeness (QED) is 0.654. The molecule has 1 N–H and O–H groups in total. The van der Waals surface area contributed by atoms with Crippen molar-refractivity contribution in [3.05, 3.63) is 10.6 Å². The number of nitrogens with one attached hydrogen (secondary N) is 1. The lowest BCUT2D eigenvalue weighted by atomic mass is 10.6. The molecule has 0 saturated carbocycles. The van der Waals surface area contributed by atoms with Crippen LogP contribution in [-0.2, 0) is 0 Å². The van der Waals surface area contributed by atoms with Crippen LogP contribution in [0.5, 0.6) is 0 Å². The molecule has 0 heterocycles. The molecule has 48 valence electrons. The molecule has 0 spiro atoms. The maximum absolute atomic E-state index is 5.51. The van der Waals surface area contributed by atoms with E-state index < -0.39 is 0 Å². The zero-order valence-electron chi connectivity index (χ0n) is 4.75. The van der Waals surface area contributed by atoms with Gasteiger partial charge in [0.25, 0.3) is 0 Å². The van der Waals surface area contributed by atoms with Crippen molar-refractivity contribution >= 4 is 23.2 Å². The van der Waals surface area contributed by atoms with E-state index in [9.17, 15) is 0 Å². The summed E-state index contributed by atoms with van der Waals surface area (Å²) in [5.41, 5.74) is 1.37. The fraction of sp³-hybridized carbons (Fsp3) is 0.600. The van der Waals surface area contributed by atoms with Crippen LogP contribution in [0.25, 0.3) is 0 Å². The van der Waals surface area contributed by atoms with Gasteiger partial charge in [-0.05, 0) is 6.54 Å². The second-order valence-corrected chi connectivity index (χ2v) is 2.04. The third kappa shape index (κ3) is 4.44. The lowest BCUT2D eigenvalue weighted by molar-refractivity contribution is 0.793. The highest BCUT2D eigenvalue weighted by molar-refractivity contribution is 6.36. The van der Waals surface area contributed by atoms with Crippen LogP contribution in [0.1, 0.15) is 6.92 Å². The third-order valence-corrected chi connectivity index (χ3v) is 1.28. The van der Waals surface area contributed by atoms with Crippen LogP contribution in [0.4, 0.5) is 0 Å². The SMILES string of the molecule is CCNC/C(Cl)=C/Cl. The molecule has 0 rings (SSSR count). The van der Waals surface area contributed by atoms with Gasteiger partial charge in [-0.3, -0.25) is 0 Å². The Morgan fingerprint density at radius 1 is 1.75 bits per heavy atom. The second kappa shape index (κ2) is 5.42. The maximum Gasteiger partial charge on any atom is 0.0431 e. The summed E-state index contributed by atoms with van der Waals surface area (Å²) >= 11 is 10.8. The Balaban J connectivity index is 3.12. The molecule has 0 aromatic carbocycles. The minimum absolute atomic E-state index is 0.647. The molecule has 0 radical (unpaired) electrons. The minimum atomic E-state index is 0.647. The van der Waals surface area contributed by atoms with Gasteiger partial charge in [0.1, 0.15) is 0 Å². The van der Waals surface area contributed by atoms with Crippen molar-refractivity contribution in [2.45, 2.75) is 6.92 Å². The van der Waals surface area contributed by atoms with Gasteiger partial charge in [0.05, 0.1) is 0 Å². The van der Waals surface area contributed by atoms with E-state index in [1.807, 2.05) is 6.92 Å². The third-order valence-electron chi connectivity index (χ3n) is 0.662. The summed E-state index contributed by atoms with van der Waals surface area (Å²) in [7, 11) is 0. The Hall–Kier alpha value is 0.280. The summed E-state index contributed by atoms with van der Waals surface area (Å²) in [5.74, 6) is 0. The van der Waals surface area contributed by atoms with Crippen molar-refractivity contribution in [1.29, 1.82) is 0 Å². The van der Waals surface area contributed by atoms with Gasteiger partial charge in [0, 0.05) is 17.1 Å². The molecule has 0 atom stereocenters. The van der Waals surface area contributed by atoms with E-state index in [0.29, 0.717) is 11.6 Å². The molecular formula is C5H9Cl2N. The molecule has 0 unspecified atom stereocenters. The van der Waals surface area contributed by atoms with E-state index in [2.05, 4.69) is 5.32 Å². The van der Waals surface area contributed by atoms with Crippen molar-refractivity contribution in [1.82, 2.24) is 5.32 Å². The molecule has 1 nitrogen and oxygen atoms in total. The van der Waals surface area contributed by atoms with Crippen LogP contribution >= 0.6 is 23.2 Å². The van der Waals surface area contributed by atoms with E-state index in [1.165, 1.54) is 5.54 Å². The van der Waals surface area contributed by atoms with Crippen LogP contribution < -0.4 is 5.32 Å². The smallest absolute Gasteiger partial charge is 0.0431 e. The monoisotopic (exact) mass is 153 g/mol. The summed E-state index contributed by atoms with van der Waals surface area (Å²) in [5, 5.41) is 3.66. The summed E-state index contributed by atoms with van der Waals surface area (Å²) in [4.78, 5) is 0. The fourth-order valence-corrected chi connectivity index (χ4v) is 0.455. The molecule has 0 aliphatic rings. The van der Waals surface area contributed by atoms with E-state index in [1.54, 1.807) is 0 Å². The Labute approximate surface area is 59.7 Å². The van der Waals surface area contributed by atoms with E-state index in [-0.39, 0.29) is 0 Å². The van der Waals surface area contributed by atoms with Crippen LogP contribution in [0, 0.1) is 0 Å². The normalized spacial score (nSPS) is 12.1. The second-order valence-electron chi connectivity index (χ2n) is 1.34. The van der Waals surface area contributed by atoms with Gasteiger partial charge in [0.2, 0.25) is 0 Å². The van der Waals surface area contributed by atoms with Gasteiger partial charge < -0.3 is 5.32 Å². The first-order valence-corrected chi connectivity index (χ1v) is 3.28. The average molecular weight is 154 g/mol. The van der Waals surface area contributed by atoms with Crippen molar-refractivity contribution in [3.63, 3.8) is 0 Å². The molecule has 0 aromatic rings. The Morgan fingerprint density at radius 2 is 2.38 bits per heavy atom. The number of hydrogen-bond donors (Lipinski definition) is 1. The predicted octanol–water partition coefficient (Wildman–Crippen LogP) is 1.91. The largest absolute Gasteiger partial charge is 0.312 e. The van der Waals surface area contributed by atoms with Gasteiger partial charge in [-0.25, -0.2) is 0 Å².